The van der Waals surface area contributed by atoms with Gasteiger partial charge in [-0.05, 0) is 26.6 Å². The predicted octanol–water partition coefficient (Wildman–Crippen LogP) is 3.15. The molecule has 0 saturated carbocycles. The van der Waals surface area contributed by atoms with Crippen LogP contribution in [0.1, 0.15) is 20.3 Å². The molecule has 0 aliphatic heterocycles. The molecule has 0 saturated heterocycles. The molecule has 0 fully saturated rings. The van der Waals surface area contributed by atoms with Crippen molar-refractivity contribution in [2.24, 2.45) is 0 Å². The molecule has 10 heavy (non-hydrogen) atoms. The maximum Gasteiger partial charge on any atom is 0.241 e. The Bertz CT molecular complexity index is 122. The summed E-state index contributed by atoms with van der Waals surface area (Å²) < 4.78 is 5.74. The van der Waals surface area contributed by atoms with E-state index in [0.717, 1.165) is 12.2 Å². The normalized spacial score (nSPS) is 13.5. The first-order valence-corrected chi connectivity index (χ1v) is 7.24. The summed E-state index contributed by atoms with van der Waals surface area (Å²) >= 11 is 0. The van der Waals surface area contributed by atoms with Crippen LogP contribution in [0.2, 0.25) is 19.6 Å². The quantitative estimate of drug-likeness (QED) is 0.453. The molecule has 0 unspecified atom stereocenters. The summed E-state index contributed by atoms with van der Waals surface area (Å²) in [5, 5.41) is 0. The Kier molecular flexibility index (Phi) is 3.72. The van der Waals surface area contributed by atoms with Gasteiger partial charge in [0.25, 0.3) is 0 Å². The lowest BCUT2D eigenvalue weighted by Gasteiger charge is -2.20. The number of rotatable bonds is 3. The summed E-state index contributed by atoms with van der Waals surface area (Å²) in [6.07, 6.45) is 3.07. The van der Waals surface area contributed by atoms with Gasteiger partial charge in [0.1, 0.15) is 0 Å². The zero-order valence-electron chi connectivity index (χ0n) is 7.69. The minimum atomic E-state index is -1.33. The molecule has 0 N–H and O–H groups in total. The summed E-state index contributed by atoms with van der Waals surface area (Å²) in [5.41, 5.74) is 0. The smallest absolute Gasteiger partial charge is 0.241 e. The van der Waals surface area contributed by atoms with Crippen molar-refractivity contribution >= 4 is 8.32 Å². The third-order valence-electron chi connectivity index (χ3n) is 1.11. The van der Waals surface area contributed by atoms with Gasteiger partial charge < -0.3 is 4.43 Å². The average molecular weight is 158 g/mol. The highest BCUT2D eigenvalue weighted by molar-refractivity contribution is 6.70. The Balaban J connectivity index is 3.88. The topological polar surface area (TPSA) is 9.23 Å². The largest absolute Gasteiger partial charge is 0.548 e. The van der Waals surface area contributed by atoms with Crippen molar-refractivity contribution in [3.8, 4) is 0 Å². The van der Waals surface area contributed by atoms with Crippen LogP contribution in [-0.4, -0.2) is 8.32 Å². The first-order valence-electron chi connectivity index (χ1n) is 3.83. The Labute approximate surface area is 65.2 Å². The fourth-order valence-corrected chi connectivity index (χ4v) is 1.78. The second-order valence-electron chi connectivity index (χ2n) is 3.32. The van der Waals surface area contributed by atoms with Gasteiger partial charge in [0.05, 0.1) is 5.76 Å². The third kappa shape index (κ3) is 4.62. The molecule has 0 aromatic carbocycles. The van der Waals surface area contributed by atoms with Crippen molar-refractivity contribution in [2.45, 2.75) is 39.9 Å². The summed E-state index contributed by atoms with van der Waals surface area (Å²) in [6.45, 7) is 10.7. The van der Waals surface area contributed by atoms with Crippen molar-refractivity contribution in [3.63, 3.8) is 0 Å². The van der Waals surface area contributed by atoms with Crippen LogP contribution in [0.25, 0.3) is 0 Å². The van der Waals surface area contributed by atoms with Gasteiger partial charge in [0.15, 0.2) is 0 Å². The molecule has 0 bridgehead atoms. The molecule has 0 radical (unpaired) electrons. The van der Waals surface area contributed by atoms with Gasteiger partial charge in [-0.2, -0.15) is 0 Å². The van der Waals surface area contributed by atoms with E-state index in [1.54, 1.807) is 0 Å². The second kappa shape index (κ2) is 3.81. The maximum atomic E-state index is 5.74. The van der Waals surface area contributed by atoms with Gasteiger partial charge in [-0.1, -0.05) is 13.0 Å². The molecular formula is C8H18OSi. The van der Waals surface area contributed by atoms with Crippen LogP contribution >= 0.6 is 0 Å². The van der Waals surface area contributed by atoms with Crippen LogP contribution in [0.5, 0.6) is 0 Å². The second-order valence-corrected chi connectivity index (χ2v) is 7.75. The summed E-state index contributed by atoms with van der Waals surface area (Å²) in [6, 6.07) is 0. The van der Waals surface area contributed by atoms with Crippen LogP contribution in [0.4, 0.5) is 0 Å². The monoisotopic (exact) mass is 158 g/mol. The highest BCUT2D eigenvalue weighted by Crippen LogP contribution is 2.12. The molecular weight excluding hydrogens is 140 g/mol. The van der Waals surface area contributed by atoms with E-state index in [4.69, 9.17) is 4.43 Å². The average Bonchev–Trinajstić information content (AvgIpc) is 1.81. The number of hydrogen-bond donors (Lipinski definition) is 0. The minimum Gasteiger partial charge on any atom is -0.548 e. The van der Waals surface area contributed by atoms with E-state index in [-0.39, 0.29) is 0 Å². The van der Waals surface area contributed by atoms with E-state index in [0.29, 0.717) is 0 Å². The zero-order chi connectivity index (χ0) is 8.20. The molecule has 0 aliphatic rings. The lowest BCUT2D eigenvalue weighted by atomic mass is 10.4. The van der Waals surface area contributed by atoms with Crippen molar-refractivity contribution in [1.29, 1.82) is 0 Å². The Morgan fingerprint density at radius 1 is 1.40 bits per heavy atom. The van der Waals surface area contributed by atoms with Gasteiger partial charge in [0, 0.05) is 6.42 Å². The summed E-state index contributed by atoms with van der Waals surface area (Å²) in [7, 11) is -1.33. The molecule has 0 aliphatic carbocycles. The number of hydrogen-bond acceptors (Lipinski definition) is 1. The highest BCUT2D eigenvalue weighted by atomic mass is 28.4. The Morgan fingerprint density at radius 3 is 2.00 bits per heavy atom. The first-order chi connectivity index (χ1) is 4.49. The zero-order valence-corrected chi connectivity index (χ0v) is 8.69. The molecule has 0 atom stereocenters. The standard InChI is InChI=1S/C8H18OSi/c1-6-8(7-2)9-10(3,4)5/h6H,7H2,1-5H3/b8-6+. The van der Waals surface area contributed by atoms with E-state index in [9.17, 15) is 0 Å². The van der Waals surface area contributed by atoms with Gasteiger partial charge in [-0.25, -0.2) is 0 Å². The Morgan fingerprint density at radius 2 is 1.90 bits per heavy atom. The van der Waals surface area contributed by atoms with Gasteiger partial charge >= 0.3 is 0 Å². The minimum absolute atomic E-state index is 1.01. The molecule has 0 rings (SSSR count). The van der Waals surface area contributed by atoms with Crippen LogP contribution in [0.15, 0.2) is 11.8 Å². The molecule has 0 aromatic rings. The molecule has 1 nitrogen and oxygen atoms in total. The van der Waals surface area contributed by atoms with Gasteiger partial charge in [-0.3, -0.25) is 0 Å². The molecule has 2 heteroatoms. The molecule has 60 valence electrons. The SMILES string of the molecule is C/C=C(\CC)O[Si](C)(C)C. The number of allylic oxidation sites excluding steroid dienone is 2. The summed E-state index contributed by atoms with van der Waals surface area (Å²) in [4.78, 5) is 0. The summed E-state index contributed by atoms with van der Waals surface area (Å²) in [5.74, 6) is 1.14. The van der Waals surface area contributed by atoms with E-state index >= 15 is 0 Å². The first kappa shape index (κ1) is 9.76. The van der Waals surface area contributed by atoms with Crippen molar-refractivity contribution in [1.82, 2.24) is 0 Å². The van der Waals surface area contributed by atoms with E-state index in [2.05, 4.69) is 32.6 Å². The molecule has 0 heterocycles. The maximum absolute atomic E-state index is 5.74. The van der Waals surface area contributed by atoms with Crippen molar-refractivity contribution in [2.75, 3.05) is 0 Å². The van der Waals surface area contributed by atoms with Crippen LogP contribution in [0, 0.1) is 0 Å². The van der Waals surface area contributed by atoms with E-state index in [1.807, 2.05) is 6.92 Å². The lowest BCUT2D eigenvalue weighted by molar-refractivity contribution is 0.404. The van der Waals surface area contributed by atoms with Gasteiger partial charge in [-0.15, -0.1) is 0 Å². The lowest BCUT2D eigenvalue weighted by Crippen LogP contribution is -2.24. The molecule has 0 amide bonds. The predicted molar refractivity (Wildman–Crippen MR) is 48.5 cm³/mol. The van der Waals surface area contributed by atoms with Crippen molar-refractivity contribution in [3.05, 3.63) is 11.8 Å². The van der Waals surface area contributed by atoms with Crippen molar-refractivity contribution < 1.29 is 4.43 Å². The van der Waals surface area contributed by atoms with E-state index < -0.39 is 8.32 Å². The molecule has 0 spiro atoms. The molecule has 0 aromatic heterocycles. The van der Waals surface area contributed by atoms with E-state index in [1.165, 1.54) is 0 Å². The fourth-order valence-electron chi connectivity index (χ4n) is 0.729. The van der Waals surface area contributed by atoms with Crippen LogP contribution in [-0.2, 0) is 4.43 Å². The third-order valence-corrected chi connectivity index (χ3v) is 1.98. The van der Waals surface area contributed by atoms with Crippen LogP contribution in [0.3, 0.4) is 0 Å². The fraction of sp³-hybridized carbons (Fsp3) is 0.750. The van der Waals surface area contributed by atoms with Crippen LogP contribution < -0.4 is 0 Å². The highest BCUT2D eigenvalue weighted by Gasteiger charge is 2.15. The Hall–Kier alpha value is -0.243. The van der Waals surface area contributed by atoms with Gasteiger partial charge in [0.2, 0.25) is 8.32 Å².